The number of rotatable bonds is 3. The molecule has 3 heteroatoms. The Morgan fingerprint density at radius 3 is 2.85 bits per heavy atom. The second-order valence-electron chi connectivity index (χ2n) is 5.33. The number of anilines is 2. The molecule has 0 bridgehead atoms. The minimum Gasteiger partial charge on any atom is -0.496 e. The van der Waals surface area contributed by atoms with Crippen molar-refractivity contribution >= 4 is 11.4 Å². The Hall–Kier alpha value is -2.16. The molecule has 20 heavy (non-hydrogen) atoms. The fraction of sp³-hybridized carbons (Fsp3) is 0.294. The first-order valence-corrected chi connectivity index (χ1v) is 6.95. The van der Waals surface area contributed by atoms with E-state index in [9.17, 15) is 0 Å². The van der Waals surface area contributed by atoms with Crippen molar-refractivity contribution < 1.29 is 4.74 Å². The Morgan fingerprint density at radius 1 is 1.25 bits per heavy atom. The zero-order valence-electron chi connectivity index (χ0n) is 12.0. The number of nitrogens with zero attached hydrogens (tertiary/aromatic N) is 1. The van der Waals surface area contributed by atoms with E-state index in [0.717, 1.165) is 30.9 Å². The highest BCUT2D eigenvalue weighted by molar-refractivity contribution is 5.74. The van der Waals surface area contributed by atoms with Gasteiger partial charge in [-0.15, -0.1) is 0 Å². The van der Waals surface area contributed by atoms with Gasteiger partial charge in [0.15, 0.2) is 0 Å². The number of ether oxygens (including phenoxy) is 1. The Morgan fingerprint density at radius 2 is 2.10 bits per heavy atom. The van der Waals surface area contributed by atoms with Crippen molar-refractivity contribution in [3.8, 4) is 5.75 Å². The van der Waals surface area contributed by atoms with Crippen molar-refractivity contribution in [1.82, 2.24) is 0 Å². The molecule has 0 saturated carbocycles. The number of hydrogen-bond donors (Lipinski definition) is 1. The van der Waals surface area contributed by atoms with E-state index in [0.29, 0.717) is 0 Å². The first-order valence-electron chi connectivity index (χ1n) is 6.95. The average Bonchev–Trinajstić information content (AvgIpc) is 2.84. The van der Waals surface area contributed by atoms with Gasteiger partial charge in [0.2, 0.25) is 0 Å². The summed E-state index contributed by atoms with van der Waals surface area (Å²) in [6, 6.07) is 12.5. The maximum atomic E-state index is 6.13. The van der Waals surface area contributed by atoms with Gasteiger partial charge >= 0.3 is 0 Å². The lowest BCUT2D eigenvalue weighted by atomic mass is 10.1. The summed E-state index contributed by atoms with van der Waals surface area (Å²) in [6.45, 7) is 4.01. The second-order valence-corrected chi connectivity index (χ2v) is 5.33. The normalized spacial score (nSPS) is 13.4. The van der Waals surface area contributed by atoms with E-state index in [1.54, 1.807) is 7.11 Å². The predicted octanol–water partition coefficient (Wildman–Crippen LogP) is 3.15. The minimum atomic E-state index is 0.880. The molecule has 3 rings (SSSR count). The van der Waals surface area contributed by atoms with E-state index in [2.05, 4.69) is 30.0 Å². The number of nitrogen functional groups attached to an aromatic ring is 1. The summed E-state index contributed by atoms with van der Waals surface area (Å²) in [5, 5.41) is 0. The molecule has 0 fully saturated rings. The molecule has 2 aromatic rings. The molecule has 0 aromatic heterocycles. The SMILES string of the molecule is COc1ccc(CN2CCc3cccc(N)c32)cc1C. The number of nitrogens with two attached hydrogens (primary N) is 1. The van der Waals surface area contributed by atoms with Crippen LogP contribution >= 0.6 is 0 Å². The fourth-order valence-electron chi connectivity index (χ4n) is 2.98. The first-order chi connectivity index (χ1) is 9.69. The molecular formula is C17H20N2O. The number of fused-ring (bicyclic) bond motifs is 1. The molecule has 2 aromatic carbocycles. The maximum absolute atomic E-state index is 6.13. The van der Waals surface area contributed by atoms with E-state index in [-0.39, 0.29) is 0 Å². The summed E-state index contributed by atoms with van der Waals surface area (Å²) < 4.78 is 5.31. The van der Waals surface area contributed by atoms with Crippen LogP contribution in [-0.2, 0) is 13.0 Å². The molecule has 0 unspecified atom stereocenters. The van der Waals surface area contributed by atoms with Crippen molar-refractivity contribution in [3.63, 3.8) is 0 Å². The molecule has 0 aliphatic carbocycles. The molecule has 104 valence electrons. The van der Waals surface area contributed by atoms with Crippen LogP contribution in [0.25, 0.3) is 0 Å². The summed E-state index contributed by atoms with van der Waals surface area (Å²) in [7, 11) is 1.71. The quantitative estimate of drug-likeness (QED) is 0.869. The van der Waals surface area contributed by atoms with Crippen LogP contribution < -0.4 is 15.4 Å². The molecule has 0 saturated heterocycles. The van der Waals surface area contributed by atoms with E-state index < -0.39 is 0 Å². The highest BCUT2D eigenvalue weighted by Gasteiger charge is 2.21. The molecule has 1 heterocycles. The summed E-state index contributed by atoms with van der Waals surface area (Å²) in [6.07, 6.45) is 1.08. The van der Waals surface area contributed by atoms with Crippen LogP contribution in [0.15, 0.2) is 36.4 Å². The van der Waals surface area contributed by atoms with E-state index in [1.807, 2.05) is 18.2 Å². The van der Waals surface area contributed by atoms with Gasteiger partial charge in [-0.25, -0.2) is 0 Å². The van der Waals surface area contributed by atoms with E-state index >= 15 is 0 Å². The lowest BCUT2D eigenvalue weighted by Gasteiger charge is -2.21. The summed E-state index contributed by atoms with van der Waals surface area (Å²) in [5.41, 5.74) is 12.0. The van der Waals surface area contributed by atoms with Crippen LogP contribution in [0.4, 0.5) is 11.4 Å². The predicted molar refractivity (Wildman–Crippen MR) is 83.3 cm³/mol. The van der Waals surface area contributed by atoms with Gasteiger partial charge in [-0.2, -0.15) is 0 Å². The minimum absolute atomic E-state index is 0.880. The molecule has 3 nitrogen and oxygen atoms in total. The molecule has 2 N–H and O–H groups in total. The van der Waals surface area contributed by atoms with Crippen molar-refractivity contribution in [2.45, 2.75) is 19.9 Å². The Labute approximate surface area is 120 Å². The molecule has 0 amide bonds. The van der Waals surface area contributed by atoms with Crippen molar-refractivity contribution in [3.05, 3.63) is 53.1 Å². The Kier molecular flexibility index (Phi) is 3.26. The van der Waals surface area contributed by atoms with Crippen LogP contribution in [0, 0.1) is 6.92 Å². The van der Waals surface area contributed by atoms with Crippen LogP contribution in [0.2, 0.25) is 0 Å². The third-order valence-corrected chi connectivity index (χ3v) is 3.95. The van der Waals surface area contributed by atoms with Crippen LogP contribution in [0.3, 0.4) is 0 Å². The van der Waals surface area contributed by atoms with Gasteiger partial charge in [0.1, 0.15) is 5.75 Å². The highest BCUT2D eigenvalue weighted by atomic mass is 16.5. The van der Waals surface area contributed by atoms with Crippen LogP contribution in [0.1, 0.15) is 16.7 Å². The zero-order valence-corrected chi connectivity index (χ0v) is 12.0. The largest absolute Gasteiger partial charge is 0.496 e. The number of aryl methyl sites for hydroxylation is 1. The van der Waals surface area contributed by atoms with Crippen molar-refractivity contribution in [2.24, 2.45) is 0 Å². The molecule has 1 aliphatic heterocycles. The van der Waals surface area contributed by atoms with E-state index in [1.165, 1.54) is 22.4 Å². The molecule has 0 radical (unpaired) electrons. The molecule has 0 atom stereocenters. The van der Waals surface area contributed by atoms with Gasteiger partial charge in [-0.05, 0) is 42.2 Å². The zero-order chi connectivity index (χ0) is 14.1. The summed E-state index contributed by atoms with van der Waals surface area (Å²) >= 11 is 0. The first kappa shape index (κ1) is 12.9. The van der Waals surface area contributed by atoms with Crippen LogP contribution in [-0.4, -0.2) is 13.7 Å². The van der Waals surface area contributed by atoms with E-state index in [4.69, 9.17) is 10.5 Å². The van der Waals surface area contributed by atoms with Gasteiger partial charge in [0.05, 0.1) is 18.5 Å². The highest BCUT2D eigenvalue weighted by Crippen LogP contribution is 2.34. The van der Waals surface area contributed by atoms with Crippen LogP contribution in [0.5, 0.6) is 5.75 Å². The van der Waals surface area contributed by atoms with Gasteiger partial charge in [0, 0.05) is 13.1 Å². The smallest absolute Gasteiger partial charge is 0.121 e. The second kappa shape index (κ2) is 5.08. The van der Waals surface area contributed by atoms with Crippen molar-refractivity contribution in [1.29, 1.82) is 0 Å². The third-order valence-electron chi connectivity index (χ3n) is 3.95. The number of hydrogen-bond acceptors (Lipinski definition) is 3. The maximum Gasteiger partial charge on any atom is 0.121 e. The van der Waals surface area contributed by atoms with Gasteiger partial charge in [-0.3, -0.25) is 0 Å². The summed E-state index contributed by atoms with van der Waals surface area (Å²) in [5.74, 6) is 0.940. The number of para-hydroxylation sites is 1. The molecular weight excluding hydrogens is 248 g/mol. The topological polar surface area (TPSA) is 38.5 Å². The average molecular weight is 268 g/mol. The number of methoxy groups -OCH3 is 1. The molecule has 1 aliphatic rings. The molecule has 0 spiro atoms. The van der Waals surface area contributed by atoms with Gasteiger partial charge < -0.3 is 15.4 Å². The number of benzene rings is 2. The monoisotopic (exact) mass is 268 g/mol. The Balaban J connectivity index is 1.86. The standard InChI is InChI=1S/C17H20N2O/c1-12-10-13(6-7-16(12)20-2)11-19-9-8-14-4-3-5-15(18)17(14)19/h3-7,10H,8-9,11,18H2,1-2H3. The summed E-state index contributed by atoms with van der Waals surface area (Å²) in [4.78, 5) is 2.37. The third kappa shape index (κ3) is 2.20. The van der Waals surface area contributed by atoms with Gasteiger partial charge in [-0.1, -0.05) is 24.3 Å². The van der Waals surface area contributed by atoms with Crippen molar-refractivity contribution in [2.75, 3.05) is 24.3 Å². The lowest BCUT2D eigenvalue weighted by Crippen LogP contribution is -2.20. The Bertz CT molecular complexity index is 637. The van der Waals surface area contributed by atoms with Gasteiger partial charge in [0.25, 0.3) is 0 Å². The fourth-order valence-corrected chi connectivity index (χ4v) is 2.98. The lowest BCUT2D eigenvalue weighted by molar-refractivity contribution is 0.411.